The predicted octanol–water partition coefficient (Wildman–Crippen LogP) is -0.263. The van der Waals surface area contributed by atoms with Crippen LogP contribution in [0.2, 0.25) is 0 Å². The largest absolute Gasteiger partial charge is 0.341 e. The maximum Gasteiger partial charge on any atom is 0.239 e. The van der Waals surface area contributed by atoms with Crippen molar-refractivity contribution >= 4 is 15.9 Å². The molecular formula is C14H21N3O3S. The number of carbonyl (C=O) groups is 1. The molecule has 21 heavy (non-hydrogen) atoms. The molecule has 0 aliphatic carbocycles. The van der Waals surface area contributed by atoms with Gasteiger partial charge in [0.25, 0.3) is 0 Å². The van der Waals surface area contributed by atoms with Crippen molar-refractivity contribution in [2.24, 2.45) is 11.7 Å². The molecular weight excluding hydrogens is 290 g/mol. The fourth-order valence-electron chi connectivity index (χ4n) is 2.72. The topological polar surface area (TPSA) is 92.5 Å². The van der Waals surface area contributed by atoms with E-state index in [4.69, 9.17) is 5.73 Å². The van der Waals surface area contributed by atoms with Crippen molar-refractivity contribution in [3.05, 3.63) is 35.9 Å². The summed E-state index contributed by atoms with van der Waals surface area (Å²) in [6.07, 6.45) is 0. The summed E-state index contributed by atoms with van der Waals surface area (Å²) in [5, 5.41) is 0. The van der Waals surface area contributed by atoms with Crippen LogP contribution in [-0.4, -0.2) is 51.7 Å². The Morgan fingerprint density at radius 1 is 1.33 bits per heavy atom. The van der Waals surface area contributed by atoms with Gasteiger partial charge in [0.15, 0.2) is 0 Å². The summed E-state index contributed by atoms with van der Waals surface area (Å²) < 4.78 is 25.1. The Hall–Kier alpha value is -1.44. The minimum absolute atomic E-state index is 0.161. The highest BCUT2D eigenvalue weighted by molar-refractivity contribution is 7.90. The van der Waals surface area contributed by atoms with Crippen molar-refractivity contribution in [3.8, 4) is 0 Å². The minimum Gasteiger partial charge on any atom is -0.341 e. The highest BCUT2D eigenvalue weighted by Crippen LogP contribution is 2.32. The van der Waals surface area contributed by atoms with Crippen molar-refractivity contribution in [2.75, 3.05) is 32.4 Å². The van der Waals surface area contributed by atoms with Crippen molar-refractivity contribution in [1.82, 2.24) is 9.62 Å². The van der Waals surface area contributed by atoms with Crippen molar-refractivity contribution in [3.63, 3.8) is 0 Å². The third-order valence-electron chi connectivity index (χ3n) is 3.95. The van der Waals surface area contributed by atoms with E-state index in [-0.39, 0.29) is 17.7 Å². The molecule has 0 unspecified atom stereocenters. The van der Waals surface area contributed by atoms with Gasteiger partial charge in [-0.2, -0.15) is 0 Å². The van der Waals surface area contributed by atoms with Crippen molar-refractivity contribution < 1.29 is 13.2 Å². The lowest BCUT2D eigenvalue weighted by Crippen LogP contribution is -2.37. The van der Waals surface area contributed by atoms with E-state index in [0.717, 1.165) is 5.56 Å². The molecule has 0 spiro atoms. The predicted molar refractivity (Wildman–Crippen MR) is 81.2 cm³/mol. The second-order valence-electron chi connectivity index (χ2n) is 5.27. The first-order chi connectivity index (χ1) is 9.96. The molecule has 1 saturated heterocycles. The molecule has 7 heteroatoms. The maximum atomic E-state index is 12.1. The van der Waals surface area contributed by atoms with Crippen molar-refractivity contribution in [1.29, 1.82) is 0 Å². The highest BCUT2D eigenvalue weighted by Gasteiger charge is 2.36. The van der Waals surface area contributed by atoms with Crippen LogP contribution in [0.15, 0.2) is 30.3 Å². The molecule has 0 bridgehead atoms. The van der Waals surface area contributed by atoms with Gasteiger partial charge in [0.1, 0.15) is 5.75 Å². The average Bonchev–Trinajstić information content (AvgIpc) is 2.92. The van der Waals surface area contributed by atoms with Crippen LogP contribution in [-0.2, 0) is 14.8 Å². The molecule has 1 aliphatic rings. The minimum atomic E-state index is -3.53. The Bertz CT molecular complexity index is 589. The second-order valence-corrected chi connectivity index (χ2v) is 7.20. The van der Waals surface area contributed by atoms with Crippen LogP contribution < -0.4 is 10.5 Å². The van der Waals surface area contributed by atoms with E-state index < -0.39 is 15.8 Å². The summed E-state index contributed by atoms with van der Waals surface area (Å²) in [5.41, 5.74) is 6.95. The third-order valence-corrected chi connectivity index (χ3v) is 5.20. The Morgan fingerprint density at radius 3 is 2.57 bits per heavy atom. The smallest absolute Gasteiger partial charge is 0.239 e. The van der Waals surface area contributed by atoms with Gasteiger partial charge in [-0.15, -0.1) is 0 Å². The first-order valence-electron chi connectivity index (χ1n) is 6.91. The standard InChI is InChI=1S/C14H21N3O3S/c1-16-21(19,20)10-14(18)17-8-12(7-15)13(9-17)11-5-3-2-4-6-11/h2-6,12-13,16H,7-10,15H2,1H3/t12-,13+/m1/s1. The summed E-state index contributed by atoms with van der Waals surface area (Å²) in [4.78, 5) is 13.7. The molecule has 1 aromatic rings. The number of rotatable bonds is 5. The Balaban J connectivity index is 2.10. The molecule has 6 nitrogen and oxygen atoms in total. The van der Waals surface area contributed by atoms with E-state index >= 15 is 0 Å². The van der Waals surface area contributed by atoms with E-state index in [9.17, 15) is 13.2 Å². The molecule has 0 radical (unpaired) electrons. The van der Waals surface area contributed by atoms with Crippen LogP contribution in [0.5, 0.6) is 0 Å². The van der Waals surface area contributed by atoms with E-state index in [1.807, 2.05) is 30.3 Å². The first kappa shape index (κ1) is 15.9. The second kappa shape index (κ2) is 6.55. The van der Waals surface area contributed by atoms with E-state index in [2.05, 4.69) is 4.72 Å². The number of hydrogen-bond donors (Lipinski definition) is 2. The lowest BCUT2D eigenvalue weighted by atomic mass is 9.89. The van der Waals surface area contributed by atoms with Gasteiger partial charge < -0.3 is 10.6 Å². The zero-order valence-corrected chi connectivity index (χ0v) is 12.8. The van der Waals surface area contributed by atoms with Crippen LogP contribution in [0.4, 0.5) is 0 Å². The number of carbonyl (C=O) groups excluding carboxylic acids is 1. The van der Waals surface area contributed by atoms with E-state index in [0.29, 0.717) is 19.6 Å². The highest BCUT2D eigenvalue weighted by atomic mass is 32.2. The number of hydrogen-bond acceptors (Lipinski definition) is 4. The molecule has 1 amide bonds. The number of benzene rings is 1. The number of nitrogens with two attached hydrogens (primary N) is 1. The van der Waals surface area contributed by atoms with Gasteiger partial charge in [-0.1, -0.05) is 30.3 Å². The number of nitrogens with zero attached hydrogens (tertiary/aromatic N) is 1. The van der Waals surface area contributed by atoms with Gasteiger partial charge in [-0.3, -0.25) is 4.79 Å². The molecule has 1 aromatic carbocycles. The van der Waals surface area contributed by atoms with Crippen molar-refractivity contribution in [2.45, 2.75) is 5.92 Å². The third kappa shape index (κ3) is 3.81. The van der Waals surface area contributed by atoms with Crippen LogP contribution in [0.25, 0.3) is 0 Å². The Kier molecular flexibility index (Phi) is 4.97. The van der Waals surface area contributed by atoms with Gasteiger partial charge in [0, 0.05) is 19.0 Å². The van der Waals surface area contributed by atoms with Gasteiger partial charge in [-0.05, 0) is 25.1 Å². The molecule has 2 rings (SSSR count). The fraction of sp³-hybridized carbons (Fsp3) is 0.500. The molecule has 0 aromatic heterocycles. The molecule has 116 valence electrons. The summed E-state index contributed by atoms with van der Waals surface area (Å²) in [7, 11) is -2.23. The van der Waals surface area contributed by atoms with E-state index in [1.165, 1.54) is 7.05 Å². The maximum absolute atomic E-state index is 12.1. The number of likely N-dealkylation sites (tertiary alicyclic amines) is 1. The monoisotopic (exact) mass is 311 g/mol. The number of nitrogens with one attached hydrogen (secondary N) is 1. The molecule has 1 aliphatic heterocycles. The Labute approximate surface area is 125 Å². The van der Waals surface area contributed by atoms with Gasteiger partial charge in [0.2, 0.25) is 15.9 Å². The normalized spacial score (nSPS) is 22.5. The summed E-state index contributed by atoms with van der Waals surface area (Å²) in [5.74, 6) is -0.560. The van der Waals surface area contributed by atoms with Gasteiger partial charge in [-0.25, -0.2) is 13.1 Å². The van der Waals surface area contributed by atoms with E-state index in [1.54, 1.807) is 4.90 Å². The lowest BCUT2D eigenvalue weighted by Gasteiger charge is -2.16. The van der Waals surface area contributed by atoms with Crippen LogP contribution in [0, 0.1) is 5.92 Å². The molecule has 1 heterocycles. The number of amides is 1. The molecule has 1 fully saturated rings. The zero-order chi connectivity index (χ0) is 15.5. The van der Waals surface area contributed by atoms with Crippen LogP contribution in [0.1, 0.15) is 11.5 Å². The van der Waals surface area contributed by atoms with Crippen LogP contribution >= 0.6 is 0 Å². The fourth-order valence-corrected chi connectivity index (χ4v) is 3.37. The molecule has 2 atom stereocenters. The molecule has 0 saturated carbocycles. The summed E-state index contributed by atoms with van der Waals surface area (Å²) >= 11 is 0. The first-order valence-corrected chi connectivity index (χ1v) is 8.56. The summed E-state index contributed by atoms with van der Waals surface area (Å²) in [6, 6.07) is 9.90. The lowest BCUT2D eigenvalue weighted by molar-refractivity contribution is -0.127. The van der Waals surface area contributed by atoms with Crippen LogP contribution in [0.3, 0.4) is 0 Å². The Morgan fingerprint density at radius 2 is 2.00 bits per heavy atom. The number of sulfonamides is 1. The molecule has 3 N–H and O–H groups in total. The van der Waals surface area contributed by atoms with Gasteiger partial charge in [0.05, 0.1) is 0 Å². The average molecular weight is 311 g/mol. The zero-order valence-electron chi connectivity index (χ0n) is 12.0. The summed E-state index contributed by atoms with van der Waals surface area (Å²) in [6.45, 7) is 1.50. The van der Waals surface area contributed by atoms with Gasteiger partial charge >= 0.3 is 0 Å². The quantitative estimate of drug-likeness (QED) is 0.783. The SMILES string of the molecule is CNS(=O)(=O)CC(=O)N1C[C@@H](CN)[C@H](c2ccccc2)C1.